The highest BCUT2D eigenvalue weighted by Gasteiger charge is 2.25. The Morgan fingerprint density at radius 3 is 1.27 bits per heavy atom. The molecule has 0 atom stereocenters. The van der Waals surface area contributed by atoms with E-state index in [0.29, 0.717) is 0 Å². The second-order valence-electron chi connectivity index (χ2n) is 10.1. The van der Waals surface area contributed by atoms with E-state index in [4.69, 9.17) is 0 Å². The second-order valence-corrected chi connectivity index (χ2v) is 17.6. The molecule has 0 N–H and O–H groups in total. The van der Waals surface area contributed by atoms with Crippen molar-refractivity contribution in [3.63, 3.8) is 0 Å². The lowest BCUT2D eigenvalue weighted by molar-refractivity contribution is 0.707. The van der Waals surface area contributed by atoms with E-state index in [1.165, 1.54) is 112 Å². The molecule has 2 heterocycles. The molecule has 0 aromatic heterocycles. The van der Waals surface area contributed by atoms with Crippen LogP contribution in [0.1, 0.15) is 65.2 Å². The van der Waals surface area contributed by atoms with Crippen molar-refractivity contribution in [2.75, 3.05) is 11.5 Å². The lowest BCUT2D eigenvalue weighted by Crippen LogP contribution is -2.16. The lowest BCUT2D eigenvalue weighted by atomic mass is 9.99. The van der Waals surface area contributed by atoms with Gasteiger partial charge in [-0.2, -0.15) is 0 Å². The first kappa shape index (κ1) is 30.7. The molecule has 0 bridgehead atoms. The van der Waals surface area contributed by atoms with Crippen molar-refractivity contribution in [2.24, 2.45) is 0 Å². The number of benzene rings is 3. The molecular weight excluding hydrogens is 601 g/mol. The predicted molar refractivity (Wildman–Crippen MR) is 196 cm³/mol. The third kappa shape index (κ3) is 7.06. The van der Waals surface area contributed by atoms with Crippen molar-refractivity contribution in [3.8, 4) is 0 Å². The molecule has 0 saturated carbocycles. The fourth-order valence-electron chi connectivity index (χ4n) is 4.97. The van der Waals surface area contributed by atoms with Crippen LogP contribution < -0.4 is 10.4 Å². The van der Waals surface area contributed by atoms with Crippen LogP contribution >= 0.6 is 70.6 Å². The van der Waals surface area contributed by atoms with Gasteiger partial charge < -0.3 is 0 Å². The topological polar surface area (TPSA) is 0 Å². The molecule has 6 heteroatoms. The van der Waals surface area contributed by atoms with E-state index in [2.05, 4.69) is 99.1 Å². The van der Waals surface area contributed by atoms with Gasteiger partial charge in [0.25, 0.3) is 0 Å². The molecule has 0 nitrogen and oxygen atoms in total. The van der Waals surface area contributed by atoms with Crippen LogP contribution in [0.4, 0.5) is 0 Å². The molecule has 3 aromatic carbocycles. The monoisotopic (exact) mass is 638 g/mol. The molecule has 0 radical (unpaired) electrons. The zero-order valence-electron chi connectivity index (χ0n) is 23.6. The van der Waals surface area contributed by atoms with Crippen molar-refractivity contribution in [2.45, 2.75) is 65.2 Å². The van der Waals surface area contributed by atoms with Crippen molar-refractivity contribution < 1.29 is 0 Å². The zero-order chi connectivity index (χ0) is 27.9. The number of thioether (sulfide) groups is 6. The maximum absolute atomic E-state index is 4.25. The van der Waals surface area contributed by atoms with Crippen LogP contribution in [-0.2, 0) is 0 Å². The molecular formula is C34H38S6. The Balaban J connectivity index is 1.60. The second kappa shape index (κ2) is 15.1. The minimum absolute atomic E-state index is 1.07. The Labute approximate surface area is 265 Å². The smallest absolute Gasteiger partial charge is 0.0660 e. The summed E-state index contributed by atoms with van der Waals surface area (Å²) in [7, 11) is 0. The molecule has 3 aromatic rings. The van der Waals surface area contributed by atoms with Gasteiger partial charge in [-0.25, -0.2) is 0 Å². The normalized spacial score (nSPS) is 15.9. The third-order valence-corrected chi connectivity index (χ3v) is 15.2. The summed E-state index contributed by atoms with van der Waals surface area (Å²) in [4.78, 5) is 2.14. The van der Waals surface area contributed by atoms with E-state index in [9.17, 15) is 0 Å². The van der Waals surface area contributed by atoms with E-state index in [1.54, 1.807) is 23.5 Å². The average Bonchev–Trinajstić information content (AvgIpc) is 3.52. The van der Waals surface area contributed by atoms with Crippen LogP contribution in [0.25, 0.3) is 30.0 Å². The molecule has 0 amide bonds. The Kier molecular flexibility index (Phi) is 11.6. The number of fused-ring (bicyclic) bond motifs is 2. The van der Waals surface area contributed by atoms with Crippen LogP contribution in [-0.4, -0.2) is 11.5 Å². The Morgan fingerprint density at radius 1 is 0.525 bits per heavy atom. The lowest BCUT2D eigenvalue weighted by Gasteiger charge is -2.11. The number of hydrogen-bond donors (Lipinski definition) is 0. The molecule has 1 saturated heterocycles. The van der Waals surface area contributed by atoms with E-state index in [1.807, 2.05) is 23.5 Å². The average molecular weight is 639 g/mol. The summed E-state index contributed by atoms with van der Waals surface area (Å²) in [6, 6.07) is 18.1. The standard InChI is InChI=1S/C34H38S6/c1-5-7-9-15-21-35-33-34(36-22-16-10-8-6-2)40-32(39-33)30-27-19-13-11-17-25(27)29(26-18-12-14-20-28(26)30)31-37-23(3)24(4)38-31/h11-14,17-20H,3-10,15-16,21-22H2,1-2H3. The van der Waals surface area contributed by atoms with Gasteiger partial charge in [-0.15, -0.1) is 23.5 Å². The molecule has 40 heavy (non-hydrogen) atoms. The van der Waals surface area contributed by atoms with Crippen molar-refractivity contribution >= 4 is 101 Å². The highest BCUT2D eigenvalue weighted by molar-refractivity contribution is 8.45. The first-order chi connectivity index (χ1) is 19.6. The van der Waals surface area contributed by atoms with Gasteiger partial charge in [-0.05, 0) is 45.9 Å². The molecule has 5 rings (SSSR count). The van der Waals surface area contributed by atoms with Gasteiger partial charge in [0.1, 0.15) is 0 Å². The van der Waals surface area contributed by atoms with Crippen LogP contribution in [0.15, 0.2) is 80.0 Å². The van der Waals surface area contributed by atoms with Gasteiger partial charge in [0.05, 0.1) is 16.9 Å². The predicted octanol–water partition coefficient (Wildman–Crippen LogP) is 11.9. The molecule has 1 fully saturated rings. The molecule has 0 unspecified atom stereocenters. The Morgan fingerprint density at radius 2 is 0.900 bits per heavy atom. The zero-order valence-corrected chi connectivity index (χ0v) is 28.5. The van der Waals surface area contributed by atoms with Crippen LogP contribution in [0.2, 0.25) is 0 Å². The molecule has 0 spiro atoms. The van der Waals surface area contributed by atoms with E-state index >= 15 is 0 Å². The SMILES string of the molecule is C=C1SC(=c2c3ccccc3c(=C3SC(SCCCCCC)=C(SCCCCCC)S3)c3ccccc23)SC1=C. The highest BCUT2D eigenvalue weighted by Crippen LogP contribution is 2.58. The third-order valence-electron chi connectivity index (χ3n) is 7.08. The van der Waals surface area contributed by atoms with Gasteiger partial charge >= 0.3 is 0 Å². The summed E-state index contributed by atoms with van der Waals surface area (Å²) >= 11 is 11.8. The summed E-state index contributed by atoms with van der Waals surface area (Å²) in [5, 5.41) is 8.10. The quantitative estimate of drug-likeness (QED) is 0.142. The van der Waals surface area contributed by atoms with Gasteiger partial charge in [0, 0.05) is 20.2 Å². The number of unbranched alkanes of at least 4 members (excludes halogenated alkanes) is 6. The van der Waals surface area contributed by atoms with Crippen molar-refractivity contribution in [3.05, 3.63) is 90.4 Å². The van der Waals surface area contributed by atoms with Crippen LogP contribution in [0, 0.1) is 0 Å². The summed E-state index contributed by atoms with van der Waals surface area (Å²) in [5.41, 5.74) is 0. The summed E-state index contributed by atoms with van der Waals surface area (Å²) < 4.78 is 5.79. The summed E-state index contributed by atoms with van der Waals surface area (Å²) in [5.74, 6) is 2.44. The molecule has 210 valence electrons. The van der Waals surface area contributed by atoms with Crippen LogP contribution in [0.5, 0.6) is 0 Å². The van der Waals surface area contributed by atoms with Crippen LogP contribution in [0.3, 0.4) is 0 Å². The Hall–Kier alpha value is -0.760. The Bertz CT molecular complexity index is 1460. The van der Waals surface area contributed by atoms with Crippen molar-refractivity contribution in [1.82, 2.24) is 0 Å². The minimum Gasteiger partial charge on any atom is -0.117 e. The highest BCUT2D eigenvalue weighted by atomic mass is 32.3. The molecule has 2 aliphatic heterocycles. The maximum atomic E-state index is 4.25. The van der Waals surface area contributed by atoms with Gasteiger partial charge in [-0.3, -0.25) is 0 Å². The minimum atomic E-state index is 1.07. The number of hydrogen-bond acceptors (Lipinski definition) is 6. The van der Waals surface area contributed by atoms with E-state index < -0.39 is 0 Å². The van der Waals surface area contributed by atoms with Crippen molar-refractivity contribution in [1.29, 1.82) is 0 Å². The summed E-state index contributed by atoms with van der Waals surface area (Å²) in [6.07, 6.45) is 10.6. The van der Waals surface area contributed by atoms with Gasteiger partial charge in [0.15, 0.2) is 0 Å². The van der Waals surface area contributed by atoms with E-state index in [0.717, 1.165) is 9.81 Å². The summed E-state index contributed by atoms with van der Waals surface area (Å²) in [6.45, 7) is 13.1. The largest absolute Gasteiger partial charge is 0.117 e. The fraction of sp³-hybridized carbons (Fsp3) is 0.353. The van der Waals surface area contributed by atoms with E-state index in [-0.39, 0.29) is 0 Å². The maximum Gasteiger partial charge on any atom is 0.0660 e. The van der Waals surface area contributed by atoms with Gasteiger partial charge in [0.2, 0.25) is 0 Å². The molecule has 2 aliphatic rings. The number of rotatable bonds is 12. The first-order valence-electron chi connectivity index (χ1n) is 14.4. The molecule has 0 aliphatic carbocycles. The van der Waals surface area contributed by atoms with Gasteiger partial charge in [-0.1, -0.05) is 161 Å². The fourth-order valence-corrected chi connectivity index (χ4v) is 13.4. The first-order valence-corrected chi connectivity index (χ1v) is 19.6.